The summed E-state index contributed by atoms with van der Waals surface area (Å²) in [7, 11) is 0. The SMILES string of the molecule is Cc1cc(=O)n(CCC(=O)NC(C)(C)C)c(C)c1C(=O)O. The highest BCUT2D eigenvalue weighted by molar-refractivity contribution is 5.90. The van der Waals surface area contributed by atoms with Gasteiger partial charge in [-0.15, -0.1) is 0 Å². The van der Waals surface area contributed by atoms with E-state index in [9.17, 15) is 19.5 Å². The number of carbonyl (C=O) groups excluding carboxylic acids is 1. The van der Waals surface area contributed by atoms with Crippen molar-refractivity contribution in [1.29, 1.82) is 0 Å². The molecule has 0 saturated carbocycles. The van der Waals surface area contributed by atoms with Crippen LogP contribution in [0.1, 0.15) is 48.8 Å². The molecule has 1 heterocycles. The zero-order valence-corrected chi connectivity index (χ0v) is 13.1. The van der Waals surface area contributed by atoms with Crippen LogP contribution in [0.15, 0.2) is 10.9 Å². The van der Waals surface area contributed by atoms with Crippen molar-refractivity contribution in [3.8, 4) is 0 Å². The first kappa shape index (κ1) is 16.9. The fraction of sp³-hybridized carbons (Fsp3) is 0.533. The molecular formula is C15H22N2O4. The van der Waals surface area contributed by atoms with Crippen molar-refractivity contribution in [2.45, 2.75) is 53.1 Å². The first-order chi connectivity index (χ1) is 9.53. The molecule has 0 spiro atoms. The van der Waals surface area contributed by atoms with Crippen molar-refractivity contribution in [2.24, 2.45) is 0 Å². The van der Waals surface area contributed by atoms with Crippen molar-refractivity contribution in [2.75, 3.05) is 0 Å². The smallest absolute Gasteiger partial charge is 0.337 e. The molecule has 1 aromatic heterocycles. The minimum Gasteiger partial charge on any atom is -0.478 e. The van der Waals surface area contributed by atoms with Crippen molar-refractivity contribution in [3.63, 3.8) is 0 Å². The van der Waals surface area contributed by atoms with E-state index in [1.165, 1.54) is 10.6 Å². The van der Waals surface area contributed by atoms with Crippen LogP contribution in [0, 0.1) is 13.8 Å². The molecule has 116 valence electrons. The Morgan fingerprint density at radius 2 is 1.86 bits per heavy atom. The standard InChI is InChI=1S/C15H22N2O4/c1-9-8-12(19)17(10(2)13(9)14(20)21)7-6-11(18)16-15(3,4)5/h8H,6-7H2,1-5H3,(H,16,18)(H,20,21). The molecule has 1 amide bonds. The monoisotopic (exact) mass is 294 g/mol. The van der Waals surface area contributed by atoms with Crippen LogP contribution >= 0.6 is 0 Å². The van der Waals surface area contributed by atoms with Gasteiger partial charge < -0.3 is 15.0 Å². The van der Waals surface area contributed by atoms with E-state index in [0.717, 1.165) is 0 Å². The molecule has 0 aliphatic carbocycles. The van der Waals surface area contributed by atoms with Gasteiger partial charge in [0.25, 0.3) is 5.56 Å². The Bertz CT molecular complexity index is 624. The Labute approximate surface area is 123 Å². The second-order valence-electron chi connectivity index (χ2n) is 6.13. The minimum atomic E-state index is -1.07. The summed E-state index contributed by atoms with van der Waals surface area (Å²) in [6.07, 6.45) is 0.125. The first-order valence-electron chi connectivity index (χ1n) is 6.78. The highest BCUT2D eigenvalue weighted by Crippen LogP contribution is 2.11. The number of pyridine rings is 1. The number of rotatable bonds is 4. The predicted octanol–water partition coefficient (Wildman–Crippen LogP) is 1.47. The van der Waals surface area contributed by atoms with Gasteiger partial charge in [-0.1, -0.05) is 0 Å². The zero-order valence-electron chi connectivity index (χ0n) is 13.1. The lowest BCUT2D eigenvalue weighted by molar-refractivity contribution is -0.122. The van der Waals surface area contributed by atoms with Crippen LogP contribution < -0.4 is 10.9 Å². The molecule has 1 aromatic rings. The third-order valence-electron chi connectivity index (χ3n) is 3.06. The molecule has 0 unspecified atom stereocenters. The van der Waals surface area contributed by atoms with E-state index < -0.39 is 5.97 Å². The van der Waals surface area contributed by atoms with Crippen LogP contribution in [0.3, 0.4) is 0 Å². The fourth-order valence-corrected chi connectivity index (χ4v) is 2.22. The Morgan fingerprint density at radius 3 is 2.33 bits per heavy atom. The fourth-order valence-electron chi connectivity index (χ4n) is 2.22. The third-order valence-corrected chi connectivity index (χ3v) is 3.06. The van der Waals surface area contributed by atoms with Crippen LogP contribution in [0.4, 0.5) is 0 Å². The summed E-state index contributed by atoms with van der Waals surface area (Å²) < 4.78 is 1.33. The van der Waals surface area contributed by atoms with E-state index in [4.69, 9.17) is 0 Å². The summed E-state index contributed by atoms with van der Waals surface area (Å²) in [6.45, 7) is 8.95. The molecular weight excluding hydrogens is 272 g/mol. The Hall–Kier alpha value is -2.11. The molecule has 0 bridgehead atoms. The Kier molecular flexibility index (Phi) is 4.93. The van der Waals surface area contributed by atoms with Gasteiger partial charge in [0.05, 0.1) is 5.56 Å². The van der Waals surface area contributed by atoms with Crippen LogP contribution in [0.2, 0.25) is 0 Å². The molecule has 0 fully saturated rings. The van der Waals surface area contributed by atoms with Crippen molar-refractivity contribution in [3.05, 3.63) is 33.2 Å². The van der Waals surface area contributed by atoms with Crippen LogP contribution in [0.5, 0.6) is 0 Å². The Balaban J connectivity index is 3.00. The number of carbonyl (C=O) groups is 2. The van der Waals surface area contributed by atoms with Gasteiger partial charge in [-0.2, -0.15) is 0 Å². The Morgan fingerprint density at radius 1 is 1.29 bits per heavy atom. The van der Waals surface area contributed by atoms with E-state index in [1.54, 1.807) is 13.8 Å². The number of carboxylic acid groups (broad SMARTS) is 1. The van der Waals surface area contributed by atoms with Gasteiger partial charge in [-0.05, 0) is 40.2 Å². The number of hydrogen-bond acceptors (Lipinski definition) is 3. The van der Waals surface area contributed by atoms with E-state index in [-0.39, 0.29) is 35.5 Å². The number of aromatic nitrogens is 1. The van der Waals surface area contributed by atoms with Crippen molar-refractivity contribution >= 4 is 11.9 Å². The highest BCUT2D eigenvalue weighted by atomic mass is 16.4. The second kappa shape index (κ2) is 6.11. The highest BCUT2D eigenvalue weighted by Gasteiger charge is 2.17. The largest absolute Gasteiger partial charge is 0.478 e. The van der Waals surface area contributed by atoms with E-state index in [2.05, 4.69) is 5.32 Å². The normalized spacial score (nSPS) is 11.3. The number of aryl methyl sites for hydroxylation is 1. The molecule has 0 aromatic carbocycles. The van der Waals surface area contributed by atoms with Gasteiger partial charge in [0.15, 0.2) is 0 Å². The average molecular weight is 294 g/mol. The maximum atomic E-state index is 12.0. The topological polar surface area (TPSA) is 88.4 Å². The molecule has 6 nitrogen and oxygen atoms in total. The first-order valence-corrected chi connectivity index (χ1v) is 6.78. The summed E-state index contributed by atoms with van der Waals surface area (Å²) >= 11 is 0. The number of aromatic carboxylic acids is 1. The van der Waals surface area contributed by atoms with E-state index >= 15 is 0 Å². The quantitative estimate of drug-likeness (QED) is 0.880. The molecule has 0 radical (unpaired) electrons. The van der Waals surface area contributed by atoms with Crippen molar-refractivity contribution in [1.82, 2.24) is 9.88 Å². The lowest BCUT2D eigenvalue weighted by atomic mass is 10.1. The molecule has 0 atom stereocenters. The van der Waals surface area contributed by atoms with Gasteiger partial charge in [-0.25, -0.2) is 4.79 Å². The number of nitrogens with one attached hydrogen (secondary N) is 1. The van der Waals surface area contributed by atoms with Crippen LogP contribution in [0.25, 0.3) is 0 Å². The summed E-state index contributed by atoms with van der Waals surface area (Å²) in [5.41, 5.74) is 0.289. The zero-order chi connectivity index (χ0) is 16.4. The molecule has 2 N–H and O–H groups in total. The number of carboxylic acids is 1. The number of nitrogens with zero attached hydrogens (tertiary/aromatic N) is 1. The molecule has 1 rings (SSSR count). The van der Waals surface area contributed by atoms with Crippen molar-refractivity contribution < 1.29 is 14.7 Å². The summed E-state index contributed by atoms with van der Waals surface area (Å²) in [6, 6.07) is 1.29. The third kappa shape index (κ3) is 4.44. The molecule has 21 heavy (non-hydrogen) atoms. The maximum absolute atomic E-state index is 12.0. The van der Waals surface area contributed by atoms with E-state index in [1.807, 2.05) is 20.8 Å². The summed E-state index contributed by atoms with van der Waals surface area (Å²) in [5, 5.41) is 12.0. The molecule has 0 saturated heterocycles. The van der Waals surface area contributed by atoms with Gasteiger partial charge >= 0.3 is 5.97 Å². The molecule has 0 aliphatic rings. The van der Waals surface area contributed by atoms with Crippen LogP contribution in [-0.2, 0) is 11.3 Å². The molecule has 6 heteroatoms. The minimum absolute atomic E-state index is 0.117. The van der Waals surface area contributed by atoms with Gasteiger partial charge in [-0.3, -0.25) is 9.59 Å². The van der Waals surface area contributed by atoms with Gasteiger partial charge in [0.2, 0.25) is 5.91 Å². The maximum Gasteiger partial charge on any atom is 0.337 e. The van der Waals surface area contributed by atoms with Crippen LogP contribution in [-0.4, -0.2) is 27.1 Å². The second-order valence-corrected chi connectivity index (χ2v) is 6.13. The average Bonchev–Trinajstić information content (AvgIpc) is 2.24. The predicted molar refractivity (Wildman–Crippen MR) is 79.6 cm³/mol. The summed E-state index contributed by atoms with van der Waals surface area (Å²) in [5.74, 6) is -1.25. The summed E-state index contributed by atoms with van der Waals surface area (Å²) in [4.78, 5) is 35.0. The number of hydrogen-bond donors (Lipinski definition) is 2. The van der Waals surface area contributed by atoms with Gasteiger partial charge in [0.1, 0.15) is 0 Å². The van der Waals surface area contributed by atoms with Gasteiger partial charge in [0, 0.05) is 30.3 Å². The molecule has 0 aliphatic heterocycles. The van der Waals surface area contributed by atoms with E-state index in [0.29, 0.717) is 11.3 Å². The lowest BCUT2D eigenvalue weighted by Gasteiger charge is -2.21. The number of amides is 1. The lowest BCUT2D eigenvalue weighted by Crippen LogP contribution is -2.41.